The van der Waals surface area contributed by atoms with Crippen molar-refractivity contribution in [3.63, 3.8) is 0 Å². The smallest absolute Gasteiger partial charge is 0.191 e. The van der Waals surface area contributed by atoms with Gasteiger partial charge >= 0.3 is 0 Å². The largest absolute Gasteiger partial charge is 0.493 e. The summed E-state index contributed by atoms with van der Waals surface area (Å²) in [4.78, 5) is 9.92. The van der Waals surface area contributed by atoms with Crippen molar-refractivity contribution in [2.24, 2.45) is 4.99 Å². The second kappa shape index (κ2) is 10.2. The molecular formula is C18H25ClN4O2S. The average Bonchev–Trinajstić information content (AvgIpc) is 3.11. The molecule has 0 spiro atoms. The van der Waals surface area contributed by atoms with Crippen molar-refractivity contribution in [2.45, 2.75) is 33.4 Å². The number of aliphatic imine (C=N–C) groups is 1. The Bertz CT molecular complexity index is 749. The summed E-state index contributed by atoms with van der Waals surface area (Å²) >= 11 is 8.02. The van der Waals surface area contributed by atoms with E-state index in [0.29, 0.717) is 42.2 Å². The molecule has 2 aromatic rings. The molecule has 0 radical (unpaired) electrons. The van der Waals surface area contributed by atoms with E-state index in [4.69, 9.17) is 21.1 Å². The molecule has 2 rings (SSSR count). The highest BCUT2D eigenvalue weighted by molar-refractivity contribution is 7.11. The molecule has 6 nitrogen and oxygen atoms in total. The van der Waals surface area contributed by atoms with E-state index in [2.05, 4.69) is 27.5 Å². The maximum absolute atomic E-state index is 6.31. The lowest BCUT2D eigenvalue weighted by Crippen LogP contribution is -2.36. The third kappa shape index (κ3) is 5.51. The first-order valence-corrected chi connectivity index (χ1v) is 9.67. The Kier molecular flexibility index (Phi) is 8.00. The molecule has 0 atom stereocenters. The molecule has 0 aliphatic heterocycles. The molecule has 0 aliphatic rings. The first-order chi connectivity index (χ1) is 12.6. The highest BCUT2D eigenvalue weighted by atomic mass is 35.5. The first kappa shape index (κ1) is 20.3. The van der Waals surface area contributed by atoms with Crippen LogP contribution in [0.3, 0.4) is 0 Å². The number of benzene rings is 1. The number of aromatic nitrogens is 1. The monoisotopic (exact) mass is 396 g/mol. The van der Waals surface area contributed by atoms with Crippen LogP contribution in [0.5, 0.6) is 11.5 Å². The van der Waals surface area contributed by atoms with E-state index in [0.717, 1.165) is 17.0 Å². The third-order valence-corrected chi connectivity index (χ3v) is 5.04. The van der Waals surface area contributed by atoms with Crippen molar-refractivity contribution in [2.75, 3.05) is 20.8 Å². The van der Waals surface area contributed by atoms with Gasteiger partial charge < -0.3 is 20.1 Å². The number of guanidine groups is 1. The van der Waals surface area contributed by atoms with Crippen LogP contribution in [-0.4, -0.2) is 31.7 Å². The normalized spacial score (nSPS) is 11.3. The van der Waals surface area contributed by atoms with Gasteiger partial charge in [0.2, 0.25) is 0 Å². The van der Waals surface area contributed by atoms with Crippen molar-refractivity contribution >= 4 is 28.9 Å². The lowest BCUT2D eigenvalue weighted by Gasteiger charge is -2.15. The zero-order valence-corrected chi connectivity index (χ0v) is 17.1. The van der Waals surface area contributed by atoms with E-state index in [9.17, 15) is 0 Å². The molecule has 1 aromatic carbocycles. The molecule has 0 saturated heterocycles. The van der Waals surface area contributed by atoms with Gasteiger partial charge in [-0.1, -0.05) is 18.5 Å². The van der Waals surface area contributed by atoms with Crippen LogP contribution < -0.4 is 20.1 Å². The number of aryl methyl sites for hydroxylation is 1. The molecule has 26 heavy (non-hydrogen) atoms. The van der Waals surface area contributed by atoms with Crippen molar-refractivity contribution in [3.8, 4) is 11.5 Å². The third-order valence-electron chi connectivity index (χ3n) is 3.62. The van der Waals surface area contributed by atoms with E-state index in [1.165, 1.54) is 4.88 Å². The zero-order valence-electron chi connectivity index (χ0n) is 15.6. The number of nitrogens with one attached hydrogen (secondary N) is 2. The second-order valence-corrected chi connectivity index (χ2v) is 7.00. The first-order valence-electron chi connectivity index (χ1n) is 8.48. The highest BCUT2D eigenvalue weighted by Gasteiger charge is 2.12. The predicted molar refractivity (Wildman–Crippen MR) is 108 cm³/mol. The molecule has 1 heterocycles. The maximum Gasteiger partial charge on any atom is 0.191 e. The molecular weight excluding hydrogens is 372 g/mol. The van der Waals surface area contributed by atoms with E-state index in [1.807, 2.05) is 25.3 Å². The Morgan fingerprint density at radius 3 is 2.65 bits per heavy atom. The van der Waals surface area contributed by atoms with Gasteiger partial charge in [0, 0.05) is 24.7 Å². The standard InChI is InChI=1S/C18H25ClN4O2S/c1-5-13-10-21-16(26-13)11-23-18(20-3)22-9-12-7-14(19)17(25-6-2)15(8-12)24-4/h7-8,10H,5-6,9,11H2,1-4H3,(H2,20,22,23). The van der Waals surface area contributed by atoms with Gasteiger partial charge in [0.15, 0.2) is 17.5 Å². The Labute approximate surface area is 163 Å². The Morgan fingerprint density at radius 1 is 1.27 bits per heavy atom. The van der Waals surface area contributed by atoms with Crippen molar-refractivity contribution < 1.29 is 9.47 Å². The predicted octanol–water partition coefficient (Wildman–Crippen LogP) is 3.63. The molecule has 1 aromatic heterocycles. The van der Waals surface area contributed by atoms with E-state index in [-0.39, 0.29) is 0 Å². The summed E-state index contributed by atoms with van der Waals surface area (Å²) in [6, 6.07) is 3.77. The van der Waals surface area contributed by atoms with E-state index < -0.39 is 0 Å². The molecule has 0 saturated carbocycles. The van der Waals surface area contributed by atoms with Crippen molar-refractivity contribution in [1.82, 2.24) is 15.6 Å². The summed E-state index contributed by atoms with van der Waals surface area (Å²) in [5.41, 5.74) is 0.973. The molecule has 0 unspecified atom stereocenters. The summed E-state index contributed by atoms with van der Waals surface area (Å²) in [6.07, 6.45) is 2.93. The number of ether oxygens (including phenoxy) is 2. The lowest BCUT2D eigenvalue weighted by atomic mass is 10.2. The van der Waals surface area contributed by atoms with Gasteiger partial charge in [-0.05, 0) is 31.0 Å². The number of hydrogen-bond donors (Lipinski definition) is 2. The van der Waals surface area contributed by atoms with Crippen LogP contribution in [0.4, 0.5) is 0 Å². The van der Waals surface area contributed by atoms with Crippen molar-refractivity contribution in [1.29, 1.82) is 0 Å². The van der Waals surface area contributed by atoms with Gasteiger partial charge in [-0.15, -0.1) is 11.3 Å². The van der Waals surface area contributed by atoms with Gasteiger partial charge in [-0.3, -0.25) is 4.99 Å². The number of nitrogens with zero attached hydrogens (tertiary/aromatic N) is 2. The maximum atomic E-state index is 6.31. The highest BCUT2D eigenvalue weighted by Crippen LogP contribution is 2.36. The fourth-order valence-corrected chi connectivity index (χ4v) is 3.41. The Morgan fingerprint density at radius 2 is 2.04 bits per heavy atom. The molecule has 2 N–H and O–H groups in total. The minimum Gasteiger partial charge on any atom is -0.493 e. The van der Waals surface area contributed by atoms with Crippen LogP contribution in [0.15, 0.2) is 23.3 Å². The number of hydrogen-bond acceptors (Lipinski definition) is 5. The summed E-state index contributed by atoms with van der Waals surface area (Å²) in [5.74, 6) is 1.88. The topological polar surface area (TPSA) is 67.8 Å². The number of thiazole rings is 1. The summed E-state index contributed by atoms with van der Waals surface area (Å²) < 4.78 is 10.9. The van der Waals surface area contributed by atoms with Crippen LogP contribution in [0, 0.1) is 0 Å². The molecule has 142 valence electrons. The van der Waals surface area contributed by atoms with Gasteiger partial charge in [-0.2, -0.15) is 0 Å². The molecule has 0 fully saturated rings. The molecule has 8 heteroatoms. The minimum atomic E-state index is 0.529. The van der Waals surface area contributed by atoms with Gasteiger partial charge in [0.25, 0.3) is 0 Å². The fourth-order valence-electron chi connectivity index (χ4n) is 2.32. The second-order valence-electron chi connectivity index (χ2n) is 5.40. The lowest BCUT2D eigenvalue weighted by molar-refractivity contribution is 0.311. The SMILES string of the molecule is CCOc1c(Cl)cc(CNC(=NC)NCc2ncc(CC)s2)cc1OC. The number of methoxy groups -OCH3 is 1. The number of rotatable bonds is 8. The summed E-state index contributed by atoms with van der Waals surface area (Å²) in [5, 5.41) is 8.10. The van der Waals surface area contributed by atoms with Gasteiger partial charge in [-0.25, -0.2) is 4.98 Å². The van der Waals surface area contributed by atoms with Crippen LogP contribution in [0.2, 0.25) is 5.02 Å². The Balaban J connectivity index is 1.96. The Hall–Kier alpha value is -1.99. The summed E-state index contributed by atoms with van der Waals surface area (Å²) in [6.45, 7) is 5.76. The van der Waals surface area contributed by atoms with Crippen LogP contribution >= 0.6 is 22.9 Å². The van der Waals surface area contributed by atoms with Gasteiger partial charge in [0.1, 0.15) is 5.01 Å². The minimum absolute atomic E-state index is 0.529. The van der Waals surface area contributed by atoms with E-state index >= 15 is 0 Å². The zero-order chi connectivity index (χ0) is 18.9. The van der Waals surface area contributed by atoms with Crippen LogP contribution in [0.1, 0.15) is 29.3 Å². The van der Waals surface area contributed by atoms with Crippen LogP contribution in [-0.2, 0) is 19.5 Å². The molecule has 0 bridgehead atoms. The summed E-state index contributed by atoms with van der Waals surface area (Å²) in [7, 11) is 3.34. The average molecular weight is 397 g/mol. The molecule has 0 aliphatic carbocycles. The fraction of sp³-hybridized carbons (Fsp3) is 0.444. The van der Waals surface area contributed by atoms with Crippen molar-refractivity contribution in [3.05, 3.63) is 38.8 Å². The molecule has 0 amide bonds. The van der Waals surface area contributed by atoms with Gasteiger partial charge in [0.05, 0.1) is 25.3 Å². The number of halogens is 1. The van der Waals surface area contributed by atoms with Crippen LogP contribution in [0.25, 0.3) is 0 Å². The van der Waals surface area contributed by atoms with E-state index in [1.54, 1.807) is 25.5 Å². The quantitative estimate of drug-likeness (QED) is 0.526.